The van der Waals surface area contributed by atoms with Gasteiger partial charge in [-0.15, -0.1) is 0 Å². The van der Waals surface area contributed by atoms with E-state index in [-0.39, 0.29) is 17.4 Å². The molecule has 0 unspecified atom stereocenters. The Labute approximate surface area is 221 Å². The van der Waals surface area contributed by atoms with Gasteiger partial charge < -0.3 is 15.2 Å². The Kier molecular flexibility index (Phi) is 9.19. The summed E-state index contributed by atoms with van der Waals surface area (Å²) < 4.78 is 39.5. The van der Waals surface area contributed by atoms with E-state index in [1.165, 1.54) is 31.2 Å². The normalized spacial score (nSPS) is 11.8. The highest BCUT2D eigenvalue weighted by molar-refractivity contribution is 5.81. The number of halogens is 2. The Morgan fingerprint density at radius 2 is 1.24 bits per heavy atom. The van der Waals surface area contributed by atoms with Gasteiger partial charge in [-0.25, -0.2) is 8.78 Å². The van der Waals surface area contributed by atoms with E-state index in [0.29, 0.717) is 49.1 Å². The third-order valence-electron chi connectivity index (χ3n) is 6.06. The number of carbonyl (C=O) groups excluding carboxylic acids is 1. The minimum absolute atomic E-state index is 0.0744. The van der Waals surface area contributed by atoms with Gasteiger partial charge in [-0.1, -0.05) is 48.5 Å². The van der Waals surface area contributed by atoms with E-state index in [9.17, 15) is 13.6 Å². The molecule has 0 heterocycles. The summed E-state index contributed by atoms with van der Waals surface area (Å²) in [4.78, 5) is 13.9. The first kappa shape index (κ1) is 27.0. The van der Waals surface area contributed by atoms with Crippen LogP contribution in [0.25, 0.3) is 0 Å². The molecular formula is C31H30F2N2O3. The summed E-state index contributed by atoms with van der Waals surface area (Å²) in [6, 6.07) is 26.5. The highest BCUT2D eigenvalue weighted by Gasteiger charge is 2.17. The van der Waals surface area contributed by atoms with Crippen LogP contribution < -0.4 is 15.2 Å². The van der Waals surface area contributed by atoms with E-state index in [1.54, 1.807) is 24.3 Å². The third kappa shape index (κ3) is 7.71. The maximum atomic E-state index is 13.7. The van der Waals surface area contributed by atoms with Gasteiger partial charge in [0.25, 0.3) is 0 Å². The van der Waals surface area contributed by atoms with Crippen LogP contribution in [0.5, 0.6) is 23.0 Å². The molecule has 0 radical (unpaired) electrons. The van der Waals surface area contributed by atoms with Crippen molar-refractivity contribution in [2.45, 2.75) is 32.5 Å². The summed E-state index contributed by atoms with van der Waals surface area (Å²) in [5, 5.41) is 0. The van der Waals surface area contributed by atoms with E-state index >= 15 is 0 Å². The lowest BCUT2D eigenvalue weighted by Crippen LogP contribution is -2.34. The number of hydrogen-bond donors (Lipinski definition) is 1. The van der Waals surface area contributed by atoms with Crippen molar-refractivity contribution in [3.63, 3.8) is 0 Å². The number of para-hydroxylation sites is 2. The Balaban J connectivity index is 1.58. The molecule has 0 saturated heterocycles. The molecule has 38 heavy (non-hydrogen) atoms. The first-order valence-corrected chi connectivity index (χ1v) is 12.4. The average molecular weight is 517 g/mol. The van der Waals surface area contributed by atoms with Crippen LogP contribution in [0.15, 0.2) is 97.1 Å². The predicted octanol–water partition coefficient (Wildman–Crippen LogP) is 6.86. The predicted molar refractivity (Wildman–Crippen MR) is 143 cm³/mol. The summed E-state index contributed by atoms with van der Waals surface area (Å²) >= 11 is 0. The van der Waals surface area contributed by atoms with Crippen LogP contribution in [0, 0.1) is 11.6 Å². The number of ketones is 1. The fraction of sp³-hybridized carbons (Fsp3) is 0.194. The van der Waals surface area contributed by atoms with Crippen LogP contribution in [0.4, 0.5) is 8.78 Å². The topological polar surface area (TPSA) is 64.8 Å². The monoisotopic (exact) mass is 516 g/mol. The molecule has 0 aromatic heterocycles. The van der Waals surface area contributed by atoms with E-state index < -0.39 is 6.04 Å². The zero-order valence-corrected chi connectivity index (χ0v) is 21.1. The van der Waals surface area contributed by atoms with E-state index in [0.717, 1.165) is 11.1 Å². The van der Waals surface area contributed by atoms with Crippen molar-refractivity contribution < 1.29 is 23.0 Å². The summed E-state index contributed by atoms with van der Waals surface area (Å²) in [6.07, 6.45) is 0.467. The van der Waals surface area contributed by atoms with E-state index in [4.69, 9.17) is 15.2 Å². The lowest BCUT2D eigenvalue weighted by molar-refractivity contribution is -0.118. The summed E-state index contributed by atoms with van der Waals surface area (Å²) in [5.74, 6) is 1.17. The fourth-order valence-electron chi connectivity index (χ4n) is 4.00. The van der Waals surface area contributed by atoms with Crippen molar-refractivity contribution >= 4 is 5.78 Å². The van der Waals surface area contributed by atoms with Gasteiger partial charge in [-0.2, -0.15) is 0 Å². The molecule has 1 atom stereocenters. The van der Waals surface area contributed by atoms with Gasteiger partial charge in [0.1, 0.15) is 40.4 Å². The number of nitrogens with two attached hydrogens (primary N) is 1. The highest BCUT2D eigenvalue weighted by atomic mass is 19.1. The maximum absolute atomic E-state index is 13.7. The van der Waals surface area contributed by atoms with Gasteiger partial charge in [0.05, 0.1) is 6.04 Å². The van der Waals surface area contributed by atoms with E-state index in [2.05, 4.69) is 4.90 Å². The Morgan fingerprint density at radius 3 is 1.68 bits per heavy atom. The number of hydrogen-bond acceptors (Lipinski definition) is 5. The SMILES string of the molecule is CC(=O)[C@@H](N)CCN(Cc1ccccc1Oc1cccc(F)c1)Cc1ccccc1Oc1cccc(F)c1. The molecule has 196 valence electrons. The van der Waals surface area contributed by atoms with Crippen molar-refractivity contribution in [2.24, 2.45) is 5.73 Å². The van der Waals surface area contributed by atoms with Gasteiger partial charge in [0.2, 0.25) is 0 Å². The second-order valence-electron chi connectivity index (χ2n) is 9.05. The van der Waals surface area contributed by atoms with Crippen LogP contribution >= 0.6 is 0 Å². The summed E-state index contributed by atoms with van der Waals surface area (Å²) in [5.41, 5.74) is 7.82. The Morgan fingerprint density at radius 1 is 0.763 bits per heavy atom. The molecule has 0 aliphatic heterocycles. The molecular weight excluding hydrogens is 486 g/mol. The minimum atomic E-state index is -0.574. The maximum Gasteiger partial charge on any atom is 0.146 e. The van der Waals surface area contributed by atoms with Gasteiger partial charge in [0, 0.05) is 42.9 Å². The molecule has 0 amide bonds. The average Bonchev–Trinajstić information content (AvgIpc) is 2.89. The van der Waals surface area contributed by atoms with Gasteiger partial charge in [-0.05, 0) is 49.7 Å². The van der Waals surface area contributed by atoms with Crippen LogP contribution in [0.2, 0.25) is 0 Å². The van der Waals surface area contributed by atoms with Crippen LogP contribution in [0.3, 0.4) is 0 Å². The van der Waals surface area contributed by atoms with Gasteiger partial charge >= 0.3 is 0 Å². The molecule has 4 aromatic rings. The lowest BCUT2D eigenvalue weighted by Gasteiger charge is -2.25. The number of benzene rings is 4. The van der Waals surface area contributed by atoms with Crippen molar-refractivity contribution in [1.82, 2.24) is 4.90 Å². The van der Waals surface area contributed by atoms with E-state index in [1.807, 2.05) is 48.5 Å². The molecule has 0 fully saturated rings. The second-order valence-corrected chi connectivity index (χ2v) is 9.05. The second kappa shape index (κ2) is 12.9. The zero-order chi connectivity index (χ0) is 26.9. The Hall–Kier alpha value is -4.07. The fourth-order valence-corrected chi connectivity index (χ4v) is 4.00. The highest BCUT2D eigenvalue weighted by Crippen LogP contribution is 2.30. The first-order chi connectivity index (χ1) is 18.4. The molecule has 0 aliphatic carbocycles. The lowest BCUT2D eigenvalue weighted by atomic mass is 10.1. The molecule has 2 N–H and O–H groups in total. The standard InChI is InChI=1S/C31H30F2N2O3/c1-22(36)29(34)16-17-35(20-23-8-2-4-14-30(23)37-27-12-6-10-25(32)18-27)21-24-9-3-5-15-31(24)38-28-13-7-11-26(33)19-28/h2-15,18-19,29H,16-17,20-21,34H2,1H3/t29-/m0/s1. The molecule has 0 saturated carbocycles. The number of rotatable bonds is 12. The quantitative estimate of drug-likeness (QED) is 0.223. The van der Waals surface area contributed by atoms with Crippen LogP contribution in [-0.2, 0) is 17.9 Å². The zero-order valence-electron chi connectivity index (χ0n) is 21.1. The van der Waals surface area contributed by atoms with Crippen molar-refractivity contribution in [3.8, 4) is 23.0 Å². The van der Waals surface area contributed by atoms with Gasteiger partial charge in [-0.3, -0.25) is 9.69 Å². The summed E-state index contributed by atoms with van der Waals surface area (Å²) in [7, 11) is 0. The molecule has 0 bridgehead atoms. The molecule has 0 spiro atoms. The Bertz CT molecular complexity index is 1290. The molecule has 7 heteroatoms. The molecule has 0 aliphatic rings. The minimum Gasteiger partial charge on any atom is -0.457 e. The smallest absolute Gasteiger partial charge is 0.146 e. The third-order valence-corrected chi connectivity index (χ3v) is 6.06. The van der Waals surface area contributed by atoms with Crippen molar-refractivity contribution in [1.29, 1.82) is 0 Å². The molecule has 4 aromatic carbocycles. The number of carbonyl (C=O) groups is 1. The van der Waals surface area contributed by atoms with Gasteiger partial charge in [0.15, 0.2) is 0 Å². The number of Topliss-reactive ketones (excluding diaryl/α,β-unsaturated/α-hetero) is 1. The van der Waals surface area contributed by atoms with Crippen molar-refractivity contribution in [3.05, 3.63) is 120 Å². The molecule has 4 rings (SSSR count). The molecule has 5 nitrogen and oxygen atoms in total. The largest absolute Gasteiger partial charge is 0.457 e. The van der Waals surface area contributed by atoms with Crippen LogP contribution in [-0.4, -0.2) is 23.3 Å². The number of ether oxygens (including phenoxy) is 2. The van der Waals surface area contributed by atoms with Crippen LogP contribution in [0.1, 0.15) is 24.5 Å². The van der Waals surface area contributed by atoms with Crippen molar-refractivity contribution in [2.75, 3.05) is 6.54 Å². The first-order valence-electron chi connectivity index (χ1n) is 12.4. The summed E-state index contributed by atoms with van der Waals surface area (Å²) in [6.45, 7) is 2.97. The number of nitrogens with zero attached hydrogens (tertiary/aromatic N) is 1.